The molecule has 1 aliphatic rings. The van der Waals surface area contributed by atoms with E-state index in [1.54, 1.807) is 0 Å². The van der Waals surface area contributed by atoms with Crippen molar-refractivity contribution in [2.45, 2.75) is 0 Å². The fourth-order valence-electron chi connectivity index (χ4n) is 12.0. The number of fused-ring (bicyclic) bond motifs is 13. The summed E-state index contributed by atoms with van der Waals surface area (Å²) in [5.74, 6) is 1.63. The van der Waals surface area contributed by atoms with E-state index in [-0.39, 0.29) is 0 Å². The van der Waals surface area contributed by atoms with Crippen molar-refractivity contribution in [3.05, 3.63) is 243 Å². The average molecular weight is 917 g/mol. The zero-order valence-corrected chi connectivity index (χ0v) is 38.8. The van der Waals surface area contributed by atoms with Crippen LogP contribution in [0.2, 0.25) is 0 Å². The number of benzene rings is 13. The molecule has 0 fully saturated rings. The van der Waals surface area contributed by atoms with E-state index in [2.05, 4.69) is 240 Å². The second-order valence-electron chi connectivity index (χ2n) is 19.2. The van der Waals surface area contributed by atoms with Gasteiger partial charge >= 0.3 is 0 Å². The van der Waals surface area contributed by atoms with E-state index in [0.29, 0.717) is 0 Å². The van der Waals surface area contributed by atoms with E-state index in [1.165, 1.54) is 81.3 Å². The van der Waals surface area contributed by atoms with Crippen LogP contribution in [0.15, 0.2) is 247 Å². The smallest absolute Gasteiger partial charge is 0.152 e. The minimum Gasteiger partial charge on any atom is -0.456 e. The summed E-state index contributed by atoms with van der Waals surface area (Å²) in [4.78, 5) is 2.43. The molecule has 0 saturated heterocycles. The first kappa shape index (κ1) is 39.2. The molecule has 15 aromatic rings. The maximum atomic E-state index is 6.92. The minimum absolute atomic E-state index is 0.811. The van der Waals surface area contributed by atoms with Crippen LogP contribution in [-0.4, -0.2) is 4.57 Å². The normalized spacial score (nSPS) is 12.5. The third-order valence-corrected chi connectivity index (χ3v) is 15.3. The molecular weight excluding hydrogens is 877 g/mol. The van der Waals surface area contributed by atoms with Gasteiger partial charge in [-0.05, 0) is 150 Å². The molecule has 1 aliphatic heterocycles. The van der Waals surface area contributed by atoms with Crippen LogP contribution < -0.4 is 9.64 Å². The Balaban J connectivity index is 0.838. The molecule has 0 saturated carbocycles. The molecule has 0 unspecified atom stereocenters. The third kappa shape index (κ3) is 5.69. The van der Waals surface area contributed by atoms with Gasteiger partial charge in [0.1, 0.15) is 11.2 Å². The number of rotatable bonds is 4. The van der Waals surface area contributed by atoms with Crippen molar-refractivity contribution in [3.63, 3.8) is 0 Å². The van der Waals surface area contributed by atoms with Crippen LogP contribution in [0.3, 0.4) is 0 Å². The molecule has 72 heavy (non-hydrogen) atoms. The summed E-state index contributed by atoms with van der Waals surface area (Å²) in [6.45, 7) is 0. The predicted octanol–water partition coefficient (Wildman–Crippen LogP) is 19.4. The van der Waals surface area contributed by atoms with Crippen LogP contribution in [0.4, 0.5) is 17.1 Å². The molecule has 0 spiro atoms. The van der Waals surface area contributed by atoms with E-state index < -0.39 is 0 Å². The summed E-state index contributed by atoms with van der Waals surface area (Å²) >= 11 is 0. The van der Waals surface area contributed by atoms with Gasteiger partial charge < -0.3 is 18.6 Å². The molecule has 3 heterocycles. The van der Waals surface area contributed by atoms with Crippen molar-refractivity contribution in [1.82, 2.24) is 4.57 Å². The lowest BCUT2D eigenvalue weighted by molar-refractivity contribution is 0.477. The number of hydrogen-bond acceptors (Lipinski definition) is 3. The Kier molecular flexibility index (Phi) is 8.14. The van der Waals surface area contributed by atoms with Gasteiger partial charge in [0.05, 0.1) is 28.1 Å². The molecule has 0 radical (unpaired) electrons. The SMILES string of the molecule is c1ccc2c(c1)Oc1cc(-c3ccc4c(c3)c3ccccc3n4-c3ccc4cc5cc6oc7ccccc7c6cc5cc4c3)ccc1N2c1c2ccccc2c(-c2cccc3ccccc23)c2ccccc12. The molecule has 334 valence electrons. The largest absolute Gasteiger partial charge is 0.456 e. The Morgan fingerprint density at radius 1 is 0.306 bits per heavy atom. The lowest BCUT2D eigenvalue weighted by atomic mass is 9.87. The van der Waals surface area contributed by atoms with Gasteiger partial charge in [-0.25, -0.2) is 0 Å². The van der Waals surface area contributed by atoms with Gasteiger partial charge in [-0.1, -0.05) is 158 Å². The first-order chi connectivity index (χ1) is 35.7. The fourth-order valence-corrected chi connectivity index (χ4v) is 12.0. The van der Waals surface area contributed by atoms with Crippen LogP contribution in [0, 0.1) is 0 Å². The van der Waals surface area contributed by atoms with Crippen LogP contribution in [0.1, 0.15) is 0 Å². The van der Waals surface area contributed by atoms with Crippen LogP contribution >= 0.6 is 0 Å². The van der Waals surface area contributed by atoms with Gasteiger partial charge in [-0.3, -0.25) is 0 Å². The molecule has 0 atom stereocenters. The lowest BCUT2D eigenvalue weighted by Gasteiger charge is -2.35. The number of para-hydroxylation sites is 4. The minimum atomic E-state index is 0.811. The van der Waals surface area contributed by atoms with Crippen molar-refractivity contribution >= 4 is 115 Å². The topological polar surface area (TPSA) is 30.5 Å². The Labute approximate surface area is 413 Å². The second-order valence-corrected chi connectivity index (χ2v) is 19.2. The third-order valence-electron chi connectivity index (χ3n) is 15.3. The molecule has 13 aromatic carbocycles. The standard InChI is InChI=1S/C68H40N2O2/c1-2-16-49-41(14-1)15-13-23-52(49)67-53-19-3-5-21-55(53)68(56-22-6-4-20-54(56)67)70-61-25-10-12-27-64(61)72-66-39-44(30-33-62(66)70)43-29-32-60-57(37-43)50-17-7-9-24-59(50)69(60)48-31-28-42-34-47-40-65-58(38-46(47)35-45(42)36-48)51-18-8-11-26-63(51)71-65/h1-40H. The predicted molar refractivity (Wildman–Crippen MR) is 301 cm³/mol. The van der Waals surface area contributed by atoms with Gasteiger partial charge in [0.15, 0.2) is 11.5 Å². The maximum Gasteiger partial charge on any atom is 0.152 e. The number of furan rings is 1. The molecule has 16 rings (SSSR count). The van der Waals surface area contributed by atoms with Gasteiger partial charge in [0, 0.05) is 38.0 Å². The van der Waals surface area contributed by atoms with Crippen LogP contribution in [0.25, 0.3) is 126 Å². The van der Waals surface area contributed by atoms with Crippen molar-refractivity contribution in [1.29, 1.82) is 0 Å². The van der Waals surface area contributed by atoms with Crippen molar-refractivity contribution < 1.29 is 9.15 Å². The molecule has 0 aliphatic carbocycles. The van der Waals surface area contributed by atoms with E-state index in [4.69, 9.17) is 9.15 Å². The first-order valence-electron chi connectivity index (χ1n) is 24.6. The Morgan fingerprint density at radius 2 is 0.931 bits per heavy atom. The summed E-state index contributed by atoms with van der Waals surface area (Å²) < 4.78 is 15.6. The van der Waals surface area contributed by atoms with Gasteiger partial charge in [0.2, 0.25) is 0 Å². The molecule has 4 heteroatoms. The number of anilines is 3. The molecule has 0 bridgehead atoms. The van der Waals surface area contributed by atoms with E-state index in [9.17, 15) is 0 Å². The summed E-state index contributed by atoms with van der Waals surface area (Å²) in [7, 11) is 0. The zero-order chi connectivity index (χ0) is 47.0. The highest BCUT2D eigenvalue weighted by molar-refractivity contribution is 6.25. The van der Waals surface area contributed by atoms with E-state index in [0.717, 1.165) is 72.8 Å². The average Bonchev–Trinajstić information content (AvgIpc) is 3.97. The van der Waals surface area contributed by atoms with Crippen molar-refractivity contribution in [2.75, 3.05) is 4.90 Å². The Morgan fingerprint density at radius 3 is 1.79 bits per heavy atom. The Hall–Kier alpha value is -9.64. The summed E-state index contributed by atoms with van der Waals surface area (Å²) in [6.07, 6.45) is 0. The number of hydrogen-bond donors (Lipinski definition) is 0. The molecule has 0 N–H and O–H groups in total. The lowest BCUT2D eigenvalue weighted by Crippen LogP contribution is -2.16. The highest BCUT2D eigenvalue weighted by atomic mass is 16.5. The quantitative estimate of drug-likeness (QED) is 0.165. The second kappa shape index (κ2) is 14.9. The fraction of sp³-hybridized carbons (Fsp3) is 0. The van der Waals surface area contributed by atoms with Crippen molar-refractivity contribution in [2.24, 2.45) is 0 Å². The van der Waals surface area contributed by atoms with E-state index in [1.807, 2.05) is 12.1 Å². The number of aromatic nitrogens is 1. The molecule has 0 amide bonds. The Bertz CT molecular complexity index is 4740. The number of nitrogens with zero attached hydrogens (tertiary/aromatic N) is 2. The zero-order valence-electron chi connectivity index (χ0n) is 38.8. The molecular formula is C68H40N2O2. The van der Waals surface area contributed by atoms with Gasteiger partial charge in [-0.15, -0.1) is 0 Å². The first-order valence-corrected chi connectivity index (χ1v) is 24.6. The monoisotopic (exact) mass is 916 g/mol. The highest BCUT2D eigenvalue weighted by Gasteiger charge is 2.30. The van der Waals surface area contributed by atoms with E-state index >= 15 is 0 Å². The van der Waals surface area contributed by atoms with Gasteiger partial charge in [0.25, 0.3) is 0 Å². The van der Waals surface area contributed by atoms with Crippen molar-refractivity contribution in [3.8, 4) is 39.4 Å². The molecule has 2 aromatic heterocycles. The number of ether oxygens (including phenoxy) is 1. The summed E-state index contributed by atoms with van der Waals surface area (Å²) in [6, 6.07) is 88.2. The van der Waals surface area contributed by atoms with Crippen LogP contribution in [-0.2, 0) is 0 Å². The summed E-state index contributed by atoms with van der Waals surface area (Å²) in [5.41, 5.74) is 13.1. The summed E-state index contributed by atoms with van der Waals surface area (Å²) in [5, 5.41) is 16.7. The highest BCUT2D eigenvalue weighted by Crippen LogP contribution is 2.56. The van der Waals surface area contributed by atoms with Crippen LogP contribution in [0.5, 0.6) is 11.5 Å². The van der Waals surface area contributed by atoms with Gasteiger partial charge in [-0.2, -0.15) is 0 Å². The molecule has 4 nitrogen and oxygen atoms in total. The maximum absolute atomic E-state index is 6.92.